The third-order valence-corrected chi connectivity index (χ3v) is 12.9. The van der Waals surface area contributed by atoms with Gasteiger partial charge in [0.15, 0.2) is 0 Å². The highest BCUT2D eigenvalue weighted by molar-refractivity contribution is 6.03. The number of allylic oxidation sites excluding steroid dienone is 1. The molecule has 11 heteroatoms. The van der Waals surface area contributed by atoms with Crippen molar-refractivity contribution in [2.24, 2.45) is 28.8 Å². The summed E-state index contributed by atoms with van der Waals surface area (Å²) in [4.78, 5) is 22.7. The van der Waals surface area contributed by atoms with E-state index in [1.165, 1.54) is 5.56 Å². The first-order valence-electron chi connectivity index (χ1n) is 22.3. The quantitative estimate of drug-likeness (QED) is 0.0491. The fourth-order valence-corrected chi connectivity index (χ4v) is 9.70. The second kappa shape index (κ2) is 21.0. The second-order valence-electron chi connectivity index (χ2n) is 17.0. The lowest BCUT2D eigenvalue weighted by atomic mass is 9.55. The van der Waals surface area contributed by atoms with Gasteiger partial charge >= 0.3 is 0 Å². The molecule has 1 aliphatic heterocycles. The molecule has 0 saturated heterocycles. The maximum absolute atomic E-state index is 14.6. The van der Waals surface area contributed by atoms with Crippen LogP contribution in [-0.2, 0) is 25.7 Å². The van der Waals surface area contributed by atoms with Crippen LogP contribution in [0.5, 0.6) is 17.2 Å². The van der Waals surface area contributed by atoms with E-state index in [4.69, 9.17) is 28.9 Å². The maximum Gasteiger partial charge on any atom is 0.239 e. The lowest BCUT2D eigenvalue weighted by molar-refractivity contribution is -0.258. The molecule has 2 fully saturated rings. The highest BCUT2D eigenvalue weighted by atomic mass is 16.7. The van der Waals surface area contributed by atoms with Gasteiger partial charge in [0.05, 0.1) is 38.1 Å². The zero-order valence-electron chi connectivity index (χ0n) is 35.9. The maximum atomic E-state index is 14.6. The van der Waals surface area contributed by atoms with Crippen LogP contribution in [0.15, 0.2) is 96.2 Å². The number of nitrogens with zero attached hydrogens (tertiary/aromatic N) is 2. The molecule has 3 aromatic carbocycles. The normalized spacial score (nSPS) is 24.6. The van der Waals surface area contributed by atoms with Gasteiger partial charge in [-0.1, -0.05) is 66.5 Å². The first kappa shape index (κ1) is 44.5. The molecule has 3 aliphatic carbocycles. The number of unbranched alkanes of at least 4 members (excludes halogenated alkanes) is 2. The molecule has 0 radical (unpaired) electrons. The Hall–Kier alpha value is -4.52. The van der Waals surface area contributed by atoms with Gasteiger partial charge in [-0.05, 0) is 117 Å². The molecule has 328 valence electrons. The predicted molar refractivity (Wildman–Crippen MR) is 235 cm³/mol. The third kappa shape index (κ3) is 10.2. The van der Waals surface area contributed by atoms with Crippen molar-refractivity contribution >= 4 is 11.6 Å². The van der Waals surface area contributed by atoms with Gasteiger partial charge in [0, 0.05) is 43.6 Å². The molecular weight excluding hydrogens is 773 g/mol. The van der Waals surface area contributed by atoms with E-state index in [9.17, 15) is 20.1 Å². The third-order valence-electron chi connectivity index (χ3n) is 12.9. The van der Waals surface area contributed by atoms with Crippen molar-refractivity contribution in [2.45, 2.75) is 96.0 Å². The van der Waals surface area contributed by atoms with Gasteiger partial charge in [-0.2, -0.15) is 0 Å². The fraction of sp³-hybridized carbons (Fsp3) is 0.520. The summed E-state index contributed by atoms with van der Waals surface area (Å²) in [5.41, 5.74) is 6.03. The fourth-order valence-electron chi connectivity index (χ4n) is 9.70. The van der Waals surface area contributed by atoms with E-state index in [1.54, 1.807) is 6.08 Å². The van der Waals surface area contributed by atoms with E-state index in [0.29, 0.717) is 30.8 Å². The van der Waals surface area contributed by atoms with Crippen molar-refractivity contribution in [3.8, 4) is 17.2 Å². The van der Waals surface area contributed by atoms with E-state index in [2.05, 4.69) is 44.7 Å². The standard InChI is InChI=1S/C50H64N2O9/c1-4-26-58-50-46(52(22-27-57-28-25-55)49(56)37-17-18-37)32-44(51-59-33-36-12-6-5-7-13-36)42-30-38(14-8-10-23-53)41(15-9-11-24-54)47(48(42)50)43-31-40(20-21-45(43)61-50)60-39-19-16-34(2)35(3)29-39/h4-7,12-13,16,19-21,29-31,37-38,41,46-48,53-55H,1,8-11,14-15,17-18,22-28,32-33H2,2-3H3. The van der Waals surface area contributed by atoms with Gasteiger partial charge in [0.2, 0.25) is 11.7 Å². The summed E-state index contributed by atoms with van der Waals surface area (Å²) in [7, 11) is 0. The molecule has 11 nitrogen and oxygen atoms in total. The van der Waals surface area contributed by atoms with Gasteiger partial charge in [-0.15, -0.1) is 6.58 Å². The number of aliphatic hydroxyl groups is 3. The summed E-state index contributed by atoms with van der Waals surface area (Å²) in [5, 5.41) is 34.4. The van der Waals surface area contributed by atoms with Gasteiger partial charge in [0.25, 0.3) is 0 Å². The van der Waals surface area contributed by atoms with Crippen LogP contribution in [0.25, 0.3) is 0 Å². The monoisotopic (exact) mass is 836 g/mol. The molecular formula is C50H64N2O9. The van der Waals surface area contributed by atoms with Crippen molar-refractivity contribution in [1.82, 2.24) is 4.90 Å². The minimum Gasteiger partial charge on any atom is -0.459 e. The van der Waals surface area contributed by atoms with Crippen LogP contribution in [0.4, 0.5) is 0 Å². The number of carbonyl (C=O) groups excluding carboxylic acids is 1. The number of aryl methyl sites for hydroxylation is 2. The van der Waals surface area contributed by atoms with Gasteiger partial charge in [-0.25, -0.2) is 0 Å². The number of oxime groups is 1. The van der Waals surface area contributed by atoms with Gasteiger partial charge in [0.1, 0.15) is 29.9 Å². The van der Waals surface area contributed by atoms with Crippen LogP contribution in [-0.4, -0.2) is 89.9 Å². The Morgan fingerprint density at radius 2 is 1.67 bits per heavy atom. The summed E-state index contributed by atoms with van der Waals surface area (Å²) < 4.78 is 26.9. The van der Waals surface area contributed by atoms with Crippen molar-refractivity contribution < 1.29 is 43.9 Å². The first-order valence-corrected chi connectivity index (χ1v) is 22.3. The van der Waals surface area contributed by atoms with Crippen LogP contribution < -0.4 is 9.47 Å². The largest absolute Gasteiger partial charge is 0.459 e. The number of benzene rings is 3. The number of rotatable bonds is 23. The molecule has 1 heterocycles. The molecule has 6 unspecified atom stereocenters. The van der Waals surface area contributed by atoms with E-state index in [1.807, 2.05) is 53.4 Å². The lowest BCUT2D eigenvalue weighted by Crippen LogP contribution is -2.70. The smallest absolute Gasteiger partial charge is 0.239 e. The molecule has 4 aliphatic rings. The van der Waals surface area contributed by atoms with Crippen LogP contribution in [0.3, 0.4) is 0 Å². The Bertz CT molecular complexity index is 2000. The van der Waals surface area contributed by atoms with Crippen LogP contribution in [0.2, 0.25) is 0 Å². The molecule has 3 aromatic rings. The Kier molecular flexibility index (Phi) is 15.4. The van der Waals surface area contributed by atoms with E-state index in [-0.39, 0.29) is 82.4 Å². The summed E-state index contributed by atoms with van der Waals surface area (Å²) in [6, 6.07) is 21.4. The van der Waals surface area contributed by atoms with Crippen molar-refractivity contribution in [3.63, 3.8) is 0 Å². The Morgan fingerprint density at radius 1 is 0.918 bits per heavy atom. The van der Waals surface area contributed by atoms with Gasteiger partial charge < -0.3 is 44.0 Å². The summed E-state index contributed by atoms with van der Waals surface area (Å²) in [6.45, 7) is 9.43. The number of ether oxygens (including phenoxy) is 4. The molecule has 3 N–H and O–H groups in total. The number of amides is 1. The number of fused-ring (bicyclic) bond motifs is 2. The van der Waals surface area contributed by atoms with Crippen LogP contribution in [0, 0.1) is 37.5 Å². The Morgan fingerprint density at radius 3 is 2.39 bits per heavy atom. The average Bonchev–Trinajstić information content (AvgIpc) is 4.12. The average molecular weight is 837 g/mol. The van der Waals surface area contributed by atoms with Gasteiger partial charge in [-0.3, -0.25) is 4.79 Å². The second-order valence-corrected chi connectivity index (χ2v) is 17.0. The topological polar surface area (TPSA) is 140 Å². The summed E-state index contributed by atoms with van der Waals surface area (Å²) in [5.74, 6) is 0.219. The SMILES string of the molecule is C=CCOC12Oc3ccc(Oc4ccc(C)c(C)c4)cc3C3C(CCCCO)C(CCCCO)C=C(C(=NOCc4ccccc4)CC1N(CCOCCO)C(=O)C1CC1)C32. The number of hydrogen-bond donors (Lipinski definition) is 3. The van der Waals surface area contributed by atoms with E-state index in [0.717, 1.165) is 72.2 Å². The molecule has 7 rings (SSSR count). The highest BCUT2D eigenvalue weighted by Crippen LogP contribution is 2.62. The van der Waals surface area contributed by atoms with E-state index < -0.39 is 17.7 Å². The zero-order chi connectivity index (χ0) is 42.8. The number of carbonyl (C=O) groups is 1. The molecule has 0 aromatic heterocycles. The minimum absolute atomic E-state index is 0.0245. The number of aliphatic hydroxyl groups excluding tert-OH is 3. The molecule has 2 saturated carbocycles. The molecule has 0 spiro atoms. The van der Waals surface area contributed by atoms with Crippen LogP contribution in [0.1, 0.15) is 86.0 Å². The molecule has 0 bridgehead atoms. The van der Waals surface area contributed by atoms with E-state index >= 15 is 0 Å². The lowest BCUT2D eigenvalue weighted by Gasteiger charge is -2.60. The van der Waals surface area contributed by atoms with Crippen molar-refractivity contribution in [2.75, 3.05) is 46.2 Å². The minimum atomic E-state index is -1.36. The van der Waals surface area contributed by atoms with Crippen molar-refractivity contribution in [1.29, 1.82) is 0 Å². The van der Waals surface area contributed by atoms with Crippen molar-refractivity contribution in [3.05, 3.63) is 113 Å². The molecule has 1 amide bonds. The molecule has 61 heavy (non-hydrogen) atoms. The first-order chi connectivity index (χ1) is 29.8. The highest BCUT2D eigenvalue weighted by Gasteiger charge is 2.66. The summed E-state index contributed by atoms with van der Waals surface area (Å²) in [6.07, 6.45) is 10.7. The zero-order valence-corrected chi connectivity index (χ0v) is 35.9. The summed E-state index contributed by atoms with van der Waals surface area (Å²) >= 11 is 0. The predicted octanol–water partition coefficient (Wildman–Crippen LogP) is 8.18. The number of hydrogen-bond acceptors (Lipinski definition) is 10. The molecule has 6 atom stereocenters. The Labute approximate surface area is 361 Å². The van der Waals surface area contributed by atoms with Crippen LogP contribution >= 0.6 is 0 Å². The Balaban J connectivity index is 1.42.